The third-order valence-corrected chi connectivity index (χ3v) is 2.62. The van der Waals surface area contributed by atoms with Gasteiger partial charge in [-0.2, -0.15) is 0 Å². The zero-order valence-electron chi connectivity index (χ0n) is 9.32. The van der Waals surface area contributed by atoms with Crippen LogP contribution in [0.25, 0.3) is 0 Å². The molecule has 86 valence electrons. The van der Waals surface area contributed by atoms with Crippen LogP contribution in [0.5, 0.6) is 0 Å². The summed E-state index contributed by atoms with van der Waals surface area (Å²) in [4.78, 5) is 4.09. The molecular formula is C14H11ClFN. The Bertz CT molecular complexity index is 564. The van der Waals surface area contributed by atoms with Crippen molar-refractivity contribution in [2.24, 2.45) is 4.99 Å². The SMILES string of the molecule is Cc1cccc(C=Nc2cccc(Cl)c2F)c1. The largest absolute Gasteiger partial charge is 0.253 e. The number of rotatable bonds is 2. The van der Waals surface area contributed by atoms with E-state index in [4.69, 9.17) is 11.6 Å². The highest BCUT2D eigenvalue weighted by Crippen LogP contribution is 2.24. The molecular weight excluding hydrogens is 237 g/mol. The molecule has 3 heteroatoms. The van der Waals surface area contributed by atoms with Crippen LogP contribution in [-0.4, -0.2) is 6.21 Å². The fourth-order valence-corrected chi connectivity index (χ4v) is 1.66. The maximum Gasteiger partial charge on any atom is 0.167 e. The van der Waals surface area contributed by atoms with Crippen molar-refractivity contribution in [1.82, 2.24) is 0 Å². The molecule has 0 spiro atoms. The highest BCUT2D eigenvalue weighted by Gasteiger charge is 2.03. The average molecular weight is 248 g/mol. The topological polar surface area (TPSA) is 12.4 Å². The smallest absolute Gasteiger partial charge is 0.167 e. The summed E-state index contributed by atoms with van der Waals surface area (Å²) in [6.45, 7) is 2.00. The van der Waals surface area contributed by atoms with Crippen LogP contribution < -0.4 is 0 Å². The van der Waals surface area contributed by atoms with Crippen molar-refractivity contribution in [3.05, 3.63) is 64.4 Å². The first kappa shape index (κ1) is 11.8. The van der Waals surface area contributed by atoms with E-state index in [1.54, 1.807) is 18.3 Å². The van der Waals surface area contributed by atoms with Gasteiger partial charge in [-0.15, -0.1) is 0 Å². The van der Waals surface area contributed by atoms with Gasteiger partial charge in [0.2, 0.25) is 0 Å². The monoisotopic (exact) mass is 247 g/mol. The Balaban J connectivity index is 2.29. The molecule has 0 radical (unpaired) electrons. The van der Waals surface area contributed by atoms with E-state index in [0.29, 0.717) is 0 Å². The molecule has 0 aromatic heterocycles. The van der Waals surface area contributed by atoms with E-state index >= 15 is 0 Å². The molecule has 2 aromatic rings. The predicted octanol–water partition coefficient (Wildman–Crippen LogP) is 4.54. The number of hydrogen-bond donors (Lipinski definition) is 0. The Morgan fingerprint density at radius 2 is 1.94 bits per heavy atom. The molecule has 0 bridgehead atoms. The van der Waals surface area contributed by atoms with Crippen LogP contribution in [0.3, 0.4) is 0 Å². The van der Waals surface area contributed by atoms with Crippen LogP contribution in [0.15, 0.2) is 47.5 Å². The minimum atomic E-state index is -0.488. The Kier molecular flexibility index (Phi) is 3.55. The van der Waals surface area contributed by atoms with Gasteiger partial charge in [0.15, 0.2) is 5.82 Å². The molecule has 0 heterocycles. The van der Waals surface area contributed by atoms with Crippen molar-refractivity contribution in [3.63, 3.8) is 0 Å². The molecule has 0 aliphatic rings. The zero-order valence-corrected chi connectivity index (χ0v) is 10.1. The van der Waals surface area contributed by atoms with Gasteiger partial charge in [-0.3, -0.25) is 4.99 Å². The van der Waals surface area contributed by atoms with Gasteiger partial charge in [-0.1, -0.05) is 47.5 Å². The lowest BCUT2D eigenvalue weighted by atomic mass is 10.1. The lowest BCUT2D eigenvalue weighted by Gasteiger charge is -1.99. The quantitative estimate of drug-likeness (QED) is 0.691. The third kappa shape index (κ3) is 2.92. The van der Waals surface area contributed by atoms with E-state index in [1.165, 1.54) is 6.07 Å². The van der Waals surface area contributed by atoms with Crippen LogP contribution in [0.2, 0.25) is 5.02 Å². The van der Waals surface area contributed by atoms with E-state index in [0.717, 1.165) is 11.1 Å². The summed E-state index contributed by atoms with van der Waals surface area (Å²) in [6, 6.07) is 12.6. The lowest BCUT2D eigenvalue weighted by molar-refractivity contribution is 0.630. The summed E-state index contributed by atoms with van der Waals surface area (Å²) in [6.07, 6.45) is 1.63. The van der Waals surface area contributed by atoms with Crippen LogP contribution in [0.1, 0.15) is 11.1 Å². The van der Waals surface area contributed by atoms with Gasteiger partial charge in [0.05, 0.1) is 5.02 Å². The van der Waals surface area contributed by atoms with Crippen LogP contribution >= 0.6 is 11.6 Å². The molecule has 2 rings (SSSR count). The summed E-state index contributed by atoms with van der Waals surface area (Å²) < 4.78 is 13.5. The first-order valence-electron chi connectivity index (χ1n) is 5.21. The van der Waals surface area contributed by atoms with Crippen molar-refractivity contribution in [2.45, 2.75) is 6.92 Å². The molecule has 2 aromatic carbocycles. The van der Waals surface area contributed by atoms with Crippen molar-refractivity contribution >= 4 is 23.5 Å². The fourth-order valence-electron chi connectivity index (χ4n) is 1.49. The van der Waals surface area contributed by atoms with Crippen LogP contribution in [-0.2, 0) is 0 Å². The number of hydrogen-bond acceptors (Lipinski definition) is 1. The van der Waals surface area contributed by atoms with Gasteiger partial charge in [-0.25, -0.2) is 4.39 Å². The third-order valence-electron chi connectivity index (χ3n) is 2.33. The summed E-state index contributed by atoms with van der Waals surface area (Å²) in [5.41, 5.74) is 2.32. The highest BCUT2D eigenvalue weighted by molar-refractivity contribution is 6.31. The number of nitrogens with zero attached hydrogens (tertiary/aromatic N) is 1. The predicted molar refractivity (Wildman–Crippen MR) is 69.8 cm³/mol. The van der Waals surface area contributed by atoms with Crippen LogP contribution in [0.4, 0.5) is 10.1 Å². The Hall–Kier alpha value is -1.67. The molecule has 0 unspecified atom stereocenters. The molecule has 0 aliphatic carbocycles. The van der Waals surface area contributed by atoms with E-state index in [9.17, 15) is 4.39 Å². The van der Waals surface area contributed by atoms with E-state index < -0.39 is 5.82 Å². The molecule has 0 aliphatic heterocycles. The Morgan fingerprint density at radius 3 is 2.71 bits per heavy atom. The molecule has 0 amide bonds. The molecule has 17 heavy (non-hydrogen) atoms. The number of benzene rings is 2. The van der Waals surface area contributed by atoms with E-state index in [1.807, 2.05) is 31.2 Å². The highest BCUT2D eigenvalue weighted by atomic mass is 35.5. The summed E-state index contributed by atoms with van der Waals surface area (Å²) in [5, 5.41) is 0.0869. The lowest BCUT2D eigenvalue weighted by Crippen LogP contribution is -1.83. The summed E-state index contributed by atoms with van der Waals surface area (Å²) in [7, 11) is 0. The maximum absolute atomic E-state index is 13.5. The Labute approximate surface area is 105 Å². The number of aryl methyl sites for hydroxylation is 1. The second-order valence-corrected chi connectivity index (χ2v) is 4.15. The van der Waals surface area contributed by atoms with Gasteiger partial charge in [0.1, 0.15) is 5.69 Å². The van der Waals surface area contributed by atoms with E-state index in [-0.39, 0.29) is 10.7 Å². The molecule has 0 saturated carbocycles. The maximum atomic E-state index is 13.5. The fraction of sp³-hybridized carbons (Fsp3) is 0.0714. The van der Waals surface area contributed by atoms with Crippen molar-refractivity contribution in [2.75, 3.05) is 0 Å². The summed E-state index contributed by atoms with van der Waals surface area (Å²) in [5.74, 6) is -0.488. The zero-order chi connectivity index (χ0) is 12.3. The first-order chi connectivity index (χ1) is 8.16. The second-order valence-electron chi connectivity index (χ2n) is 3.75. The molecule has 0 N–H and O–H groups in total. The van der Waals surface area contributed by atoms with Gasteiger partial charge in [0.25, 0.3) is 0 Å². The minimum absolute atomic E-state index is 0.0869. The molecule has 0 saturated heterocycles. The van der Waals surface area contributed by atoms with Crippen molar-refractivity contribution < 1.29 is 4.39 Å². The molecule has 0 atom stereocenters. The molecule has 0 fully saturated rings. The number of aliphatic imine (C=N–C) groups is 1. The summed E-state index contributed by atoms with van der Waals surface area (Å²) >= 11 is 5.67. The van der Waals surface area contributed by atoms with Gasteiger partial charge in [0, 0.05) is 6.21 Å². The Morgan fingerprint density at radius 1 is 1.18 bits per heavy atom. The van der Waals surface area contributed by atoms with E-state index in [2.05, 4.69) is 4.99 Å². The second kappa shape index (κ2) is 5.11. The van der Waals surface area contributed by atoms with Crippen LogP contribution in [0, 0.1) is 12.7 Å². The van der Waals surface area contributed by atoms with Gasteiger partial charge in [-0.05, 0) is 24.6 Å². The minimum Gasteiger partial charge on any atom is -0.253 e. The van der Waals surface area contributed by atoms with Crippen molar-refractivity contribution in [1.29, 1.82) is 0 Å². The van der Waals surface area contributed by atoms with Crippen molar-refractivity contribution in [3.8, 4) is 0 Å². The van der Waals surface area contributed by atoms with Gasteiger partial charge < -0.3 is 0 Å². The number of halogens is 2. The first-order valence-corrected chi connectivity index (χ1v) is 5.59. The standard InChI is InChI=1S/C14H11ClFN/c1-10-4-2-5-11(8-10)9-17-13-7-3-6-12(15)14(13)16/h2-9H,1H3. The normalized spacial score (nSPS) is 11.0. The molecule has 1 nitrogen and oxygen atoms in total. The van der Waals surface area contributed by atoms with Gasteiger partial charge >= 0.3 is 0 Å². The average Bonchev–Trinajstić information content (AvgIpc) is 2.31.